The Bertz CT molecular complexity index is 1220. The first-order valence-corrected chi connectivity index (χ1v) is 9.26. The summed E-state index contributed by atoms with van der Waals surface area (Å²) < 4.78 is 3.86. The van der Waals surface area contributed by atoms with E-state index in [0.29, 0.717) is 16.7 Å². The molecule has 4 aromatic rings. The van der Waals surface area contributed by atoms with E-state index in [1.807, 2.05) is 30.3 Å². The topological polar surface area (TPSA) is 39.8 Å². The maximum atomic E-state index is 13.1. The van der Waals surface area contributed by atoms with Crippen molar-refractivity contribution in [3.05, 3.63) is 65.0 Å². The lowest BCUT2D eigenvalue weighted by Gasteiger charge is -2.14. The molecule has 0 fully saturated rings. The largest absolute Gasteiger partial charge is 0.338 e. The van der Waals surface area contributed by atoms with Crippen molar-refractivity contribution < 1.29 is 0 Å². The molecule has 0 aliphatic rings. The Kier molecular flexibility index (Phi) is 4.52. The SMILES string of the molecule is C#CCn1c(-c2cc3ccccc3n2CCCC)nc2ccccc2c1=O. The van der Waals surface area contributed by atoms with Crippen LogP contribution in [0.3, 0.4) is 0 Å². The number of rotatable bonds is 5. The molecule has 0 saturated heterocycles. The van der Waals surface area contributed by atoms with Gasteiger partial charge in [-0.05, 0) is 30.7 Å². The number of hydrogen-bond acceptors (Lipinski definition) is 2. The molecule has 0 radical (unpaired) electrons. The Hall–Kier alpha value is -3.32. The molecule has 0 bridgehead atoms. The number of hydrogen-bond donors (Lipinski definition) is 0. The van der Waals surface area contributed by atoms with Gasteiger partial charge in [-0.15, -0.1) is 6.42 Å². The molecular formula is C23H21N3O. The minimum Gasteiger partial charge on any atom is -0.338 e. The van der Waals surface area contributed by atoms with Crippen molar-refractivity contribution in [2.45, 2.75) is 32.9 Å². The van der Waals surface area contributed by atoms with Crippen LogP contribution in [0.5, 0.6) is 0 Å². The van der Waals surface area contributed by atoms with E-state index in [0.717, 1.165) is 36.0 Å². The fourth-order valence-corrected chi connectivity index (χ4v) is 3.55. The van der Waals surface area contributed by atoms with Gasteiger partial charge in [-0.2, -0.15) is 0 Å². The first-order valence-electron chi connectivity index (χ1n) is 9.26. The molecule has 134 valence electrons. The molecular weight excluding hydrogens is 334 g/mol. The van der Waals surface area contributed by atoms with E-state index in [9.17, 15) is 4.79 Å². The van der Waals surface area contributed by atoms with Crippen LogP contribution in [-0.2, 0) is 13.1 Å². The zero-order chi connectivity index (χ0) is 18.8. The van der Waals surface area contributed by atoms with E-state index in [4.69, 9.17) is 11.4 Å². The van der Waals surface area contributed by atoms with Crippen LogP contribution >= 0.6 is 0 Å². The summed E-state index contributed by atoms with van der Waals surface area (Å²) in [6, 6.07) is 17.8. The lowest BCUT2D eigenvalue weighted by molar-refractivity contribution is 0.648. The van der Waals surface area contributed by atoms with Crippen molar-refractivity contribution in [3.8, 4) is 23.9 Å². The second-order valence-electron chi connectivity index (χ2n) is 6.64. The summed E-state index contributed by atoms with van der Waals surface area (Å²) in [6.45, 7) is 3.24. The van der Waals surface area contributed by atoms with Crippen LogP contribution in [0.2, 0.25) is 0 Å². The monoisotopic (exact) mass is 355 g/mol. The third-order valence-electron chi connectivity index (χ3n) is 4.89. The fourth-order valence-electron chi connectivity index (χ4n) is 3.55. The summed E-state index contributed by atoms with van der Waals surface area (Å²) in [5, 5.41) is 1.73. The van der Waals surface area contributed by atoms with Gasteiger partial charge in [0.2, 0.25) is 0 Å². The molecule has 2 aromatic heterocycles. The molecule has 4 heteroatoms. The van der Waals surface area contributed by atoms with E-state index in [1.165, 1.54) is 0 Å². The second kappa shape index (κ2) is 7.13. The number of nitrogens with zero attached hydrogens (tertiary/aromatic N) is 3. The van der Waals surface area contributed by atoms with Crippen molar-refractivity contribution in [1.82, 2.24) is 14.1 Å². The van der Waals surface area contributed by atoms with Gasteiger partial charge < -0.3 is 4.57 Å². The highest BCUT2D eigenvalue weighted by atomic mass is 16.1. The zero-order valence-corrected chi connectivity index (χ0v) is 15.4. The number of terminal acetylenes is 1. The highest BCUT2D eigenvalue weighted by Crippen LogP contribution is 2.28. The van der Waals surface area contributed by atoms with Gasteiger partial charge in [0, 0.05) is 17.4 Å². The Morgan fingerprint density at radius 2 is 1.85 bits per heavy atom. The van der Waals surface area contributed by atoms with Crippen LogP contribution in [0.25, 0.3) is 33.3 Å². The summed E-state index contributed by atoms with van der Waals surface area (Å²) >= 11 is 0. The predicted molar refractivity (Wildman–Crippen MR) is 111 cm³/mol. The standard InChI is InChI=1S/C23H21N3O/c1-3-5-15-25-20-13-9-6-10-17(20)16-21(25)22-24-19-12-8-7-11-18(19)23(27)26(22)14-4-2/h2,6-13,16H,3,5,14-15H2,1H3. The fraction of sp³-hybridized carbons (Fsp3) is 0.217. The first-order chi connectivity index (χ1) is 13.2. The second-order valence-corrected chi connectivity index (χ2v) is 6.64. The zero-order valence-electron chi connectivity index (χ0n) is 15.4. The Balaban J connectivity index is 2.06. The molecule has 4 nitrogen and oxygen atoms in total. The first kappa shape index (κ1) is 17.1. The highest BCUT2D eigenvalue weighted by Gasteiger charge is 2.17. The van der Waals surface area contributed by atoms with Crippen LogP contribution in [0.4, 0.5) is 0 Å². The Morgan fingerprint density at radius 1 is 1.07 bits per heavy atom. The molecule has 0 spiro atoms. The summed E-state index contributed by atoms with van der Waals surface area (Å²) in [7, 11) is 0. The number of para-hydroxylation sites is 2. The average Bonchev–Trinajstić information content (AvgIpc) is 3.07. The van der Waals surface area contributed by atoms with Crippen molar-refractivity contribution in [3.63, 3.8) is 0 Å². The Labute approximate surface area is 158 Å². The van der Waals surface area contributed by atoms with Gasteiger partial charge in [0.25, 0.3) is 5.56 Å². The van der Waals surface area contributed by atoms with E-state index in [1.54, 1.807) is 10.6 Å². The summed E-state index contributed by atoms with van der Waals surface area (Å²) in [5.74, 6) is 3.24. The predicted octanol–water partition coefficient (Wildman–Crippen LogP) is 4.45. The van der Waals surface area contributed by atoms with Gasteiger partial charge in [0.1, 0.15) is 0 Å². The summed E-state index contributed by atoms with van der Waals surface area (Å²) in [5.41, 5.74) is 2.68. The average molecular weight is 355 g/mol. The maximum absolute atomic E-state index is 13.1. The van der Waals surface area contributed by atoms with Crippen molar-refractivity contribution in [1.29, 1.82) is 0 Å². The lowest BCUT2D eigenvalue weighted by atomic mass is 10.2. The number of fused-ring (bicyclic) bond motifs is 2. The van der Waals surface area contributed by atoms with Crippen LogP contribution in [0.15, 0.2) is 59.4 Å². The van der Waals surface area contributed by atoms with Crippen LogP contribution in [0, 0.1) is 12.3 Å². The smallest absolute Gasteiger partial charge is 0.262 e. The van der Waals surface area contributed by atoms with Gasteiger partial charge in [-0.1, -0.05) is 49.6 Å². The molecule has 0 aliphatic carbocycles. The number of aryl methyl sites for hydroxylation is 1. The van der Waals surface area contributed by atoms with Gasteiger partial charge in [-0.3, -0.25) is 9.36 Å². The maximum Gasteiger partial charge on any atom is 0.262 e. The number of aromatic nitrogens is 3. The minimum absolute atomic E-state index is 0.0964. The van der Waals surface area contributed by atoms with Crippen molar-refractivity contribution in [2.75, 3.05) is 0 Å². The third-order valence-corrected chi connectivity index (χ3v) is 4.89. The Morgan fingerprint density at radius 3 is 2.67 bits per heavy atom. The molecule has 0 N–H and O–H groups in total. The van der Waals surface area contributed by atoms with Gasteiger partial charge in [0.05, 0.1) is 23.1 Å². The van der Waals surface area contributed by atoms with Crippen LogP contribution < -0.4 is 5.56 Å². The van der Waals surface area contributed by atoms with Gasteiger partial charge in [0.15, 0.2) is 5.82 Å². The molecule has 4 rings (SSSR count). The number of unbranched alkanes of at least 4 members (excludes halogenated alkanes) is 1. The molecule has 2 aromatic carbocycles. The van der Waals surface area contributed by atoms with Crippen molar-refractivity contribution >= 4 is 21.8 Å². The molecule has 0 unspecified atom stereocenters. The molecule has 27 heavy (non-hydrogen) atoms. The molecule has 0 saturated carbocycles. The van der Waals surface area contributed by atoms with Crippen LogP contribution in [-0.4, -0.2) is 14.1 Å². The van der Waals surface area contributed by atoms with E-state index < -0.39 is 0 Å². The summed E-state index contributed by atoms with van der Waals surface area (Å²) in [4.78, 5) is 17.9. The van der Waals surface area contributed by atoms with Crippen molar-refractivity contribution in [2.24, 2.45) is 0 Å². The molecule has 0 aliphatic heterocycles. The van der Waals surface area contributed by atoms with Gasteiger partial charge in [-0.25, -0.2) is 4.98 Å². The minimum atomic E-state index is -0.0964. The van der Waals surface area contributed by atoms with E-state index >= 15 is 0 Å². The third kappa shape index (κ3) is 2.92. The molecule has 0 atom stereocenters. The van der Waals surface area contributed by atoms with Gasteiger partial charge >= 0.3 is 0 Å². The highest BCUT2D eigenvalue weighted by molar-refractivity contribution is 5.87. The molecule has 2 heterocycles. The molecule has 0 amide bonds. The summed E-state index contributed by atoms with van der Waals surface area (Å²) in [6.07, 6.45) is 7.72. The number of benzene rings is 2. The lowest BCUT2D eigenvalue weighted by Crippen LogP contribution is -2.24. The quantitative estimate of drug-likeness (QED) is 0.496. The van der Waals surface area contributed by atoms with Crippen LogP contribution in [0.1, 0.15) is 19.8 Å². The normalized spacial score (nSPS) is 11.1. The van der Waals surface area contributed by atoms with E-state index in [-0.39, 0.29) is 12.1 Å². The van der Waals surface area contributed by atoms with E-state index in [2.05, 4.69) is 35.6 Å².